The molecule has 1 aliphatic heterocycles. The predicted molar refractivity (Wildman–Crippen MR) is 77.8 cm³/mol. The van der Waals surface area contributed by atoms with E-state index in [-0.39, 0.29) is 17.3 Å². The molecule has 1 aliphatic rings. The zero-order valence-electron chi connectivity index (χ0n) is 12.1. The molecular formula is C16H13F3N4. The number of nitrogens with zero attached hydrogens (tertiary/aromatic N) is 4. The summed E-state index contributed by atoms with van der Waals surface area (Å²) in [7, 11) is 0. The lowest BCUT2D eigenvalue weighted by Gasteiger charge is -2.20. The Labute approximate surface area is 131 Å². The molecule has 0 aromatic carbocycles. The zero-order chi connectivity index (χ0) is 16.4. The fraction of sp³-hybridized carbons (Fsp3) is 0.312. The maximum atomic E-state index is 12.9. The van der Waals surface area contributed by atoms with Crippen LogP contribution in [0.4, 0.5) is 19.0 Å². The van der Waals surface area contributed by atoms with Crippen LogP contribution in [0.15, 0.2) is 36.7 Å². The molecule has 2 aromatic rings. The normalized spacial score (nSPS) is 18.0. The van der Waals surface area contributed by atoms with Gasteiger partial charge in [0.15, 0.2) is 0 Å². The van der Waals surface area contributed by atoms with Gasteiger partial charge in [-0.05, 0) is 36.2 Å². The van der Waals surface area contributed by atoms with Crippen molar-refractivity contribution in [2.75, 3.05) is 18.0 Å². The summed E-state index contributed by atoms with van der Waals surface area (Å²) in [6, 6.07) is 7.76. The van der Waals surface area contributed by atoms with Crippen LogP contribution in [-0.2, 0) is 6.18 Å². The molecule has 7 heteroatoms. The van der Waals surface area contributed by atoms with Crippen LogP contribution < -0.4 is 4.90 Å². The minimum Gasteiger partial charge on any atom is -0.355 e. The van der Waals surface area contributed by atoms with Crippen LogP contribution in [0.2, 0.25) is 0 Å². The maximum absolute atomic E-state index is 12.9. The van der Waals surface area contributed by atoms with Crippen LogP contribution in [0.5, 0.6) is 0 Å². The highest BCUT2D eigenvalue weighted by Gasteiger charge is 2.34. The summed E-state index contributed by atoms with van der Waals surface area (Å²) in [5.41, 5.74) is 0.278. The van der Waals surface area contributed by atoms with Gasteiger partial charge in [0, 0.05) is 31.4 Å². The van der Waals surface area contributed by atoms with Gasteiger partial charge in [0.1, 0.15) is 17.6 Å². The van der Waals surface area contributed by atoms with E-state index in [1.54, 1.807) is 17.3 Å². The summed E-state index contributed by atoms with van der Waals surface area (Å²) in [6.45, 7) is 1.10. The Morgan fingerprint density at radius 2 is 1.91 bits per heavy atom. The second kappa shape index (κ2) is 5.88. The van der Waals surface area contributed by atoms with E-state index in [4.69, 9.17) is 5.26 Å². The number of pyridine rings is 2. The number of anilines is 1. The molecule has 2 aromatic heterocycles. The third-order valence-electron chi connectivity index (χ3n) is 3.95. The van der Waals surface area contributed by atoms with Crippen molar-refractivity contribution in [2.24, 2.45) is 0 Å². The van der Waals surface area contributed by atoms with Crippen molar-refractivity contribution in [1.29, 1.82) is 5.26 Å². The summed E-state index contributed by atoms with van der Waals surface area (Å²) < 4.78 is 38.6. The van der Waals surface area contributed by atoms with E-state index >= 15 is 0 Å². The van der Waals surface area contributed by atoms with Crippen LogP contribution in [0.3, 0.4) is 0 Å². The fourth-order valence-electron chi connectivity index (χ4n) is 2.79. The van der Waals surface area contributed by atoms with E-state index in [1.165, 1.54) is 6.07 Å². The standard InChI is InChI=1S/C16H13F3N4/c17-16(18,19)14-2-1-12(9-20)15(22-14)23-8-5-13(10-23)11-3-6-21-7-4-11/h1-4,6-7,13H,5,8,10H2. The van der Waals surface area contributed by atoms with Crippen molar-refractivity contribution in [1.82, 2.24) is 9.97 Å². The molecule has 0 aliphatic carbocycles. The lowest BCUT2D eigenvalue weighted by atomic mass is 10.00. The Morgan fingerprint density at radius 3 is 2.57 bits per heavy atom. The Kier molecular flexibility index (Phi) is 3.90. The third kappa shape index (κ3) is 3.11. The first-order valence-electron chi connectivity index (χ1n) is 7.12. The van der Waals surface area contributed by atoms with Crippen LogP contribution in [-0.4, -0.2) is 23.1 Å². The molecule has 0 saturated carbocycles. The monoisotopic (exact) mass is 318 g/mol. The van der Waals surface area contributed by atoms with Crippen molar-refractivity contribution >= 4 is 5.82 Å². The average Bonchev–Trinajstić information content (AvgIpc) is 3.04. The maximum Gasteiger partial charge on any atom is 0.433 e. The van der Waals surface area contributed by atoms with Crippen molar-refractivity contribution < 1.29 is 13.2 Å². The summed E-state index contributed by atoms with van der Waals surface area (Å²) in [4.78, 5) is 9.41. The summed E-state index contributed by atoms with van der Waals surface area (Å²) in [6.07, 6.45) is -0.331. The first-order chi connectivity index (χ1) is 11.0. The van der Waals surface area contributed by atoms with E-state index in [9.17, 15) is 13.2 Å². The highest BCUT2D eigenvalue weighted by Crippen LogP contribution is 2.34. The van der Waals surface area contributed by atoms with Gasteiger partial charge in [0.05, 0.1) is 5.56 Å². The van der Waals surface area contributed by atoms with Gasteiger partial charge >= 0.3 is 6.18 Å². The van der Waals surface area contributed by atoms with Crippen LogP contribution in [0.25, 0.3) is 0 Å². The molecule has 0 N–H and O–H groups in total. The van der Waals surface area contributed by atoms with Crippen LogP contribution in [0.1, 0.15) is 29.2 Å². The Balaban J connectivity index is 1.89. The smallest absolute Gasteiger partial charge is 0.355 e. The third-order valence-corrected chi connectivity index (χ3v) is 3.95. The molecule has 4 nitrogen and oxygen atoms in total. The van der Waals surface area contributed by atoms with Crippen molar-refractivity contribution in [3.63, 3.8) is 0 Å². The molecule has 0 bridgehead atoms. The number of halogens is 3. The highest BCUT2D eigenvalue weighted by molar-refractivity contribution is 5.55. The molecule has 1 atom stereocenters. The van der Waals surface area contributed by atoms with Gasteiger partial charge in [-0.1, -0.05) is 0 Å². The minimum absolute atomic E-state index is 0.110. The van der Waals surface area contributed by atoms with Gasteiger partial charge in [-0.15, -0.1) is 0 Å². The summed E-state index contributed by atoms with van der Waals surface area (Å²) in [5, 5.41) is 9.15. The zero-order valence-corrected chi connectivity index (χ0v) is 12.1. The van der Waals surface area contributed by atoms with E-state index < -0.39 is 11.9 Å². The predicted octanol–water partition coefficient (Wildman–Crippen LogP) is 3.36. The lowest BCUT2D eigenvalue weighted by Crippen LogP contribution is -2.23. The van der Waals surface area contributed by atoms with Gasteiger partial charge in [0.2, 0.25) is 0 Å². The Morgan fingerprint density at radius 1 is 1.17 bits per heavy atom. The quantitative estimate of drug-likeness (QED) is 0.852. The number of nitriles is 1. The number of alkyl halides is 3. The highest BCUT2D eigenvalue weighted by atomic mass is 19.4. The largest absolute Gasteiger partial charge is 0.433 e. The molecule has 0 spiro atoms. The van der Waals surface area contributed by atoms with E-state index in [0.29, 0.717) is 13.1 Å². The van der Waals surface area contributed by atoms with Gasteiger partial charge in [-0.3, -0.25) is 4.98 Å². The molecule has 1 unspecified atom stereocenters. The van der Waals surface area contributed by atoms with E-state index in [2.05, 4.69) is 9.97 Å². The molecule has 1 saturated heterocycles. The van der Waals surface area contributed by atoms with Gasteiger partial charge in [-0.25, -0.2) is 4.98 Å². The Hall–Kier alpha value is -2.62. The lowest BCUT2D eigenvalue weighted by molar-refractivity contribution is -0.141. The van der Waals surface area contributed by atoms with Crippen molar-refractivity contribution in [3.8, 4) is 6.07 Å². The molecule has 118 valence electrons. The topological polar surface area (TPSA) is 52.8 Å². The minimum atomic E-state index is -4.52. The second-order valence-electron chi connectivity index (χ2n) is 5.39. The van der Waals surface area contributed by atoms with Crippen molar-refractivity contribution in [3.05, 3.63) is 53.5 Å². The molecule has 3 rings (SSSR count). The molecular weight excluding hydrogens is 305 g/mol. The molecule has 0 radical (unpaired) electrons. The second-order valence-corrected chi connectivity index (χ2v) is 5.39. The van der Waals surface area contributed by atoms with Gasteiger partial charge < -0.3 is 4.90 Å². The van der Waals surface area contributed by atoms with E-state index in [1.807, 2.05) is 18.2 Å². The molecule has 3 heterocycles. The molecule has 23 heavy (non-hydrogen) atoms. The first kappa shape index (κ1) is 15.3. The number of hydrogen-bond donors (Lipinski definition) is 0. The van der Waals surface area contributed by atoms with Gasteiger partial charge in [0.25, 0.3) is 0 Å². The van der Waals surface area contributed by atoms with Crippen molar-refractivity contribution in [2.45, 2.75) is 18.5 Å². The average molecular weight is 318 g/mol. The number of aromatic nitrogens is 2. The molecule has 0 amide bonds. The summed E-state index contributed by atoms with van der Waals surface area (Å²) >= 11 is 0. The van der Waals surface area contributed by atoms with Crippen LogP contribution >= 0.6 is 0 Å². The van der Waals surface area contributed by atoms with Gasteiger partial charge in [-0.2, -0.15) is 18.4 Å². The van der Waals surface area contributed by atoms with Crippen LogP contribution in [0, 0.1) is 11.3 Å². The fourth-order valence-corrected chi connectivity index (χ4v) is 2.79. The number of rotatable bonds is 2. The molecule has 1 fully saturated rings. The summed E-state index contributed by atoms with van der Waals surface area (Å²) in [5.74, 6) is 0.305. The first-order valence-corrected chi connectivity index (χ1v) is 7.12. The Bertz CT molecular complexity index is 737. The van der Waals surface area contributed by atoms with E-state index in [0.717, 1.165) is 18.1 Å². The number of hydrogen-bond acceptors (Lipinski definition) is 4. The SMILES string of the molecule is N#Cc1ccc(C(F)(F)F)nc1N1CCC(c2ccncc2)C1.